The molecule has 0 fully saturated rings. The van der Waals surface area contributed by atoms with Crippen LogP contribution in [0.3, 0.4) is 0 Å². The fraction of sp³-hybridized carbons (Fsp3) is 0.136. The molecule has 1 atom stereocenters. The average Bonchev–Trinajstić information content (AvgIpc) is 3.09. The minimum atomic E-state index is -1.02. The molecule has 0 radical (unpaired) electrons. The summed E-state index contributed by atoms with van der Waals surface area (Å²) in [5, 5.41) is 6.37. The van der Waals surface area contributed by atoms with Crippen molar-refractivity contribution in [1.29, 1.82) is 0 Å². The molecule has 0 N–H and O–H groups in total. The molecule has 0 aliphatic heterocycles. The fourth-order valence-electron chi connectivity index (χ4n) is 3.00. The van der Waals surface area contributed by atoms with Crippen LogP contribution in [0.25, 0.3) is 22.8 Å². The highest BCUT2D eigenvalue weighted by molar-refractivity contribution is 7.84. The first kappa shape index (κ1) is 18.1. The average molecular weight is 362 g/mol. The van der Waals surface area contributed by atoms with Crippen molar-refractivity contribution in [2.45, 2.75) is 11.8 Å². The van der Waals surface area contributed by atoms with E-state index in [9.17, 15) is 4.21 Å². The standard InChI is InChI=1S/C22H22N2OS/c1-5-16-11-12-20(26(4)25)13-22(16)21(6-2)18-9-7-17(8-10-18)19-14-23-24(3)15-19/h5-15H,2H2,1,3-4H3/b16-5-,22-21+. The van der Waals surface area contributed by atoms with Crippen molar-refractivity contribution in [3.8, 4) is 11.1 Å². The number of allylic oxidation sites excluding steroid dienone is 1. The van der Waals surface area contributed by atoms with Gasteiger partial charge in [-0.3, -0.25) is 8.89 Å². The second kappa shape index (κ2) is 7.67. The first-order chi connectivity index (χ1) is 12.5. The third kappa shape index (κ3) is 3.60. The van der Waals surface area contributed by atoms with Gasteiger partial charge in [-0.15, -0.1) is 0 Å². The quantitative estimate of drug-likeness (QED) is 0.715. The van der Waals surface area contributed by atoms with E-state index < -0.39 is 10.8 Å². The van der Waals surface area contributed by atoms with Gasteiger partial charge < -0.3 is 0 Å². The zero-order chi connectivity index (χ0) is 18.7. The van der Waals surface area contributed by atoms with Gasteiger partial charge in [-0.2, -0.15) is 5.10 Å². The molecule has 1 aromatic heterocycles. The zero-order valence-electron chi connectivity index (χ0n) is 15.3. The van der Waals surface area contributed by atoms with Gasteiger partial charge in [0.15, 0.2) is 0 Å². The molecule has 0 saturated heterocycles. The number of hydrogen-bond acceptors (Lipinski definition) is 2. The Balaban J connectivity index is 2.17. The van der Waals surface area contributed by atoms with Gasteiger partial charge in [0.1, 0.15) is 0 Å². The Morgan fingerprint density at radius 3 is 2.42 bits per heavy atom. The molecule has 0 amide bonds. The number of rotatable bonds is 4. The number of aryl methyl sites for hydroxylation is 1. The Kier molecular flexibility index (Phi) is 5.33. The minimum Gasteiger partial charge on any atom is -0.275 e. The molecule has 3 aromatic rings. The van der Waals surface area contributed by atoms with Crippen LogP contribution in [0, 0.1) is 0 Å². The SMILES string of the molecule is C=C/C(c1ccc(-c2cnn(C)c2)cc1)=c1/cc(S(C)=O)cc/c1=C/C. The molecule has 0 saturated carbocycles. The van der Waals surface area contributed by atoms with Gasteiger partial charge in [-0.05, 0) is 46.2 Å². The summed E-state index contributed by atoms with van der Waals surface area (Å²) in [5.41, 5.74) is 4.32. The highest BCUT2D eigenvalue weighted by atomic mass is 32.2. The van der Waals surface area contributed by atoms with Crippen molar-refractivity contribution in [3.63, 3.8) is 0 Å². The molecular weight excluding hydrogens is 340 g/mol. The van der Waals surface area contributed by atoms with E-state index in [0.29, 0.717) is 0 Å². The smallest absolute Gasteiger partial charge is 0.0568 e. The van der Waals surface area contributed by atoms with Crippen LogP contribution in [0.1, 0.15) is 12.5 Å². The monoisotopic (exact) mass is 362 g/mol. The predicted octanol–water partition coefficient (Wildman–Crippen LogP) is 3.01. The van der Waals surface area contributed by atoms with Gasteiger partial charge in [0.05, 0.1) is 6.20 Å². The van der Waals surface area contributed by atoms with Crippen LogP contribution in [0.4, 0.5) is 0 Å². The van der Waals surface area contributed by atoms with Crippen LogP contribution < -0.4 is 10.4 Å². The van der Waals surface area contributed by atoms with E-state index in [2.05, 4.69) is 42.0 Å². The second-order valence-corrected chi connectivity index (χ2v) is 7.47. The Bertz CT molecular complexity index is 1090. The molecule has 1 heterocycles. The first-order valence-electron chi connectivity index (χ1n) is 8.39. The van der Waals surface area contributed by atoms with Crippen molar-refractivity contribution >= 4 is 22.4 Å². The van der Waals surface area contributed by atoms with Crippen molar-refractivity contribution < 1.29 is 4.21 Å². The molecule has 3 nitrogen and oxygen atoms in total. The molecule has 0 aliphatic rings. The number of nitrogens with zero attached hydrogens (tertiary/aromatic N) is 2. The fourth-order valence-corrected chi connectivity index (χ4v) is 3.54. The van der Waals surface area contributed by atoms with Crippen LogP contribution in [0.2, 0.25) is 0 Å². The maximum Gasteiger partial charge on any atom is 0.0568 e. The molecule has 0 aliphatic carbocycles. The lowest BCUT2D eigenvalue weighted by molar-refractivity contribution is 0.686. The maximum atomic E-state index is 11.9. The minimum absolute atomic E-state index is 0.817. The van der Waals surface area contributed by atoms with E-state index >= 15 is 0 Å². The summed E-state index contributed by atoms with van der Waals surface area (Å²) >= 11 is 0. The van der Waals surface area contributed by atoms with Crippen LogP contribution in [-0.4, -0.2) is 20.2 Å². The van der Waals surface area contributed by atoms with Gasteiger partial charge in [-0.25, -0.2) is 0 Å². The lowest BCUT2D eigenvalue weighted by atomic mass is 9.99. The van der Waals surface area contributed by atoms with Crippen LogP contribution in [-0.2, 0) is 17.8 Å². The van der Waals surface area contributed by atoms with E-state index in [-0.39, 0.29) is 0 Å². The van der Waals surface area contributed by atoms with Gasteiger partial charge in [0, 0.05) is 40.8 Å². The predicted molar refractivity (Wildman–Crippen MR) is 110 cm³/mol. The molecule has 4 heteroatoms. The molecule has 132 valence electrons. The van der Waals surface area contributed by atoms with Crippen molar-refractivity contribution in [3.05, 3.63) is 83.5 Å². The van der Waals surface area contributed by atoms with Gasteiger partial charge >= 0.3 is 0 Å². The Hall–Kier alpha value is -2.72. The normalized spacial score (nSPS) is 14.2. The molecule has 3 rings (SSSR count). The summed E-state index contributed by atoms with van der Waals surface area (Å²) in [4.78, 5) is 0.817. The van der Waals surface area contributed by atoms with E-state index in [1.54, 1.807) is 10.9 Å². The zero-order valence-corrected chi connectivity index (χ0v) is 16.1. The Morgan fingerprint density at radius 1 is 1.15 bits per heavy atom. The Labute approximate surface area is 156 Å². The van der Waals surface area contributed by atoms with E-state index in [4.69, 9.17) is 0 Å². The maximum absolute atomic E-state index is 11.9. The van der Waals surface area contributed by atoms with Crippen molar-refractivity contribution in [2.24, 2.45) is 7.05 Å². The summed E-state index contributed by atoms with van der Waals surface area (Å²) in [6, 6.07) is 14.3. The van der Waals surface area contributed by atoms with Crippen LogP contribution in [0.5, 0.6) is 0 Å². The summed E-state index contributed by atoms with van der Waals surface area (Å²) in [5.74, 6) is 0. The molecule has 1 unspecified atom stereocenters. The summed E-state index contributed by atoms with van der Waals surface area (Å²) in [6.45, 7) is 6.02. The van der Waals surface area contributed by atoms with Crippen molar-refractivity contribution in [2.75, 3.05) is 6.26 Å². The molecule has 0 bridgehead atoms. The third-order valence-corrected chi connectivity index (χ3v) is 5.31. The molecule has 26 heavy (non-hydrogen) atoms. The number of hydrogen-bond donors (Lipinski definition) is 0. The number of benzene rings is 2. The second-order valence-electron chi connectivity index (χ2n) is 6.09. The van der Waals surface area contributed by atoms with E-state index in [1.165, 1.54) is 0 Å². The highest BCUT2D eigenvalue weighted by Gasteiger charge is 2.05. The van der Waals surface area contributed by atoms with Crippen molar-refractivity contribution in [1.82, 2.24) is 9.78 Å². The van der Waals surface area contributed by atoms with Crippen LogP contribution >= 0.6 is 0 Å². The molecule has 2 aromatic carbocycles. The topological polar surface area (TPSA) is 34.9 Å². The lowest BCUT2D eigenvalue weighted by Gasteiger charge is -2.07. The molecular formula is C22H22N2OS. The first-order valence-corrected chi connectivity index (χ1v) is 9.95. The number of aromatic nitrogens is 2. The molecule has 0 spiro atoms. The summed E-state index contributed by atoms with van der Waals surface area (Å²) in [7, 11) is 0.890. The van der Waals surface area contributed by atoms with Gasteiger partial charge in [0.2, 0.25) is 0 Å². The van der Waals surface area contributed by atoms with Gasteiger partial charge in [-0.1, -0.05) is 49.1 Å². The van der Waals surface area contributed by atoms with E-state index in [0.717, 1.165) is 37.6 Å². The van der Waals surface area contributed by atoms with E-state index in [1.807, 2.05) is 50.6 Å². The van der Waals surface area contributed by atoms with Gasteiger partial charge in [0.25, 0.3) is 0 Å². The lowest BCUT2D eigenvalue weighted by Crippen LogP contribution is -2.27. The largest absolute Gasteiger partial charge is 0.275 e. The summed E-state index contributed by atoms with van der Waals surface area (Å²) in [6.07, 6.45) is 9.48. The Morgan fingerprint density at radius 2 is 1.88 bits per heavy atom. The highest BCUT2D eigenvalue weighted by Crippen LogP contribution is 2.21. The third-order valence-electron chi connectivity index (χ3n) is 4.40. The van der Waals surface area contributed by atoms with Crippen LogP contribution in [0.15, 0.2) is 72.4 Å². The summed E-state index contributed by atoms with van der Waals surface area (Å²) < 4.78 is 13.7.